The van der Waals surface area contributed by atoms with Gasteiger partial charge in [-0.3, -0.25) is 4.79 Å². The van der Waals surface area contributed by atoms with E-state index in [1.54, 1.807) is 6.92 Å². The molecule has 0 heterocycles. The minimum atomic E-state index is -0.131. The van der Waals surface area contributed by atoms with Crippen LogP contribution in [0.25, 0.3) is 0 Å². The van der Waals surface area contributed by atoms with Crippen molar-refractivity contribution in [1.29, 1.82) is 0 Å². The van der Waals surface area contributed by atoms with Crippen LogP contribution in [-0.2, 0) is 4.79 Å². The summed E-state index contributed by atoms with van der Waals surface area (Å²) in [4.78, 5) is 11.4. The smallest absolute Gasteiger partial charge is 0.220 e. The topological polar surface area (TPSA) is 49.3 Å². The van der Waals surface area contributed by atoms with Gasteiger partial charge in [0.2, 0.25) is 5.91 Å². The van der Waals surface area contributed by atoms with Crippen LogP contribution < -0.4 is 5.32 Å². The first-order valence-corrected chi connectivity index (χ1v) is 8.06. The molecule has 1 amide bonds. The Morgan fingerprint density at radius 3 is 2.30 bits per heavy atom. The lowest BCUT2D eigenvalue weighted by atomic mass is 10.1. The van der Waals surface area contributed by atoms with Crippen LogP contribution in [0.4, 0.5) is 0 Å². The van der Waals surface area contributed by atoms with Crippen molar-refractivity contribution in [2.75, 3.05) is 6.61 Å². The zero-order valence-electron chi connectivity index (χ0n) is 13.2. The van der Waals surface area contributed by atoms with E-state index in [2.05, 4.69) is 24.1 Å². The fourth-order valence-corrected chi connectivity index (χ4v) is 1.86. The highest BCUT2D eigenvalue weighted by molar-refractivity contribution is 5.76. The van der Waals surface area contributed by atoms with Crippen molar-refractivity contribution >= 4 is 5.91 Å². The number of carbonyl (C=O) groups excluding carboxylic acids is 1. The third kappa shape index (κ3) is 13.4. The summed E-state index contributed by atoms with van der Waals surface area (Å²) in [7, 11) is 0. The first-order chi connectivity index (χ1) is 9.70. The number of nitrogens with one attached hydrogen (secondary N) is 1. The highest BCUT2D eigenvalue weighted by Crippen LogP contribution is 2.07. The van der Waals surface area contributed by atoms with E-state index in [4.69, 9.17) is 5.11 Å². The van der Waals surface area contributed by atoms with E-state index in [1.807, 2.05) is 0 Å². The molecule has 0 saturated heterocycles. The number of hydrogen-bond acceptors (Lipinski definition) is 2. The fourth-order valence-electron chi connectivity index (χ4n) is 1.86. The standard InChI is InChI=1S/C17H31NO2/c1-3-4-5-6-7-8-9-10-11-12-13-14-17(20)18-16(2)15-19/h16,19H,3-5,8-15H2,1-2H3,(H,18,20). The Balaban J connectivity index is 3.27. The Labute approximate surface area is 124 Å². The van der Waals surface area contributed by atoms with Gasteiger partial charge >= 0.3 is 0 Å². The van der Waals surface area contributed by atoms with Crippen LogP contribution in [0.1, 0.15) is 78.1 Å². The molecular formula is C17H31NO2. The van der Waals surface area contributed by atoms with Crippen LogP contribution >= 0.6 is 0 Å². The monoisotopic (exact) mass is 281 g/mol. The maximum absolute atomic E-state index is 11.4. The van der Waals surface area contributed by atoms with Crippen LogP contribution in [0.5, 0.6) is 0 Å². The number of aliphatic hydroxyl groups excluding tert-OH is 1. The van der Waals surface area contributed by atoms with Gasteiger partial charge in [-0.15, -0.1) is 11.8 Å². The van der Waals surface area contributed by atoms with Crippen LogP contribution in [0.3, 0.4) is 0 Å². The molecule has 20 heavy (non-hydrogen) atoms. The van der Waals surface area contributed by atoms with Gasteiger partial charge in [-0.2, -0.15) is 0 Å². The number of rotatable bonds is 11. The molecule has 0 bridgehead atoms. The molecule has 0 aromatic carbocycles. The highest BCUT2D eigenvalue weighted by atomic mass is 16.3. The third-order valence-corrected chi connectivity index (χ3v) is 3.17. The maximum atomic E-state index is 11.4. The molecule has 2 N–H and O–H groups in total. The molecule has 1 atom stereocenters. The number of unbranched alkanes of at least 4 members (excludes halogenated alkanes) is 7. The molecule has 3 heteroatoms. The lowest BCUT2D eigenvalue weighted by molar-refractivity contribution is -0.122. The van der Waals surface area contributed by atoms with Gasteiger partial charge in [-0.05, 0) is 26.2 Å². The molecule has 1 unspecified atom stereocenters. The summed E-state index contributed by atoms with van der Waals surface area (Å²) in [5.74, 6) is 6.47. The van der Waals surface area contributed by atoms with Crippen LogP contribution in [0.2, 0.25) is 0 Å². The average Bonchev–Trinajstić information content (AvgIpc) is 2.44. The third-order valence-electron chi connectivity index (χ3n) is 3.17. The van der Waals surface area contributed by atoms with E-state index < -0.39 is 0 Å². The van der Waals surface area contributed by atoms with E-state index in [0.717, 1.165) is 25.7 Å². The molecule has 0 aromatic rings. The Hall–Kier alpha value is -1.01. The number of carbonyl (C=O) groups is 1. The zero-order valence-corrected chi connectivity index (χ0v) is 13.2. The first kappa shape index (κ1) is 19.0. The quantitative estimate of drug-likeness (QED) is 0.450. The van der Waals surface area contributed by atoms with Gasteiger partial charge in [-0.25, -0.2) is 0 Å². The summed E-state index contributed by atoms with van der Waals surface area (Å²) in [6.45, 7) is 4.00. The largest absolute Gasteiger partial charge is 0.394 e. The van der Waals surface area contributed by atoms with Crippen LogP contribution in [0, 0.1) is 11.8 Å². The molecule has 0 saturated carbocycles. The molecule has 0 spiro atoms. The fraction of sp³-hybridized carbons (Fsp3) is 0.824. The van der Waals surface area contributed by atoms with Gasteiger partial charge in [0.25, 0.3) is 0 Å². The first-order valence-electron chi connectivity index (χ1n) is 8.06. The average molecular weight is 281 g/mol. The van der Waals surface area contributed by atoms with Crippen molar-refractivity contribution in [1.82, 2.24) is 5.32 Å². The van der Waals surface area contributed by atoms with Crippen molar-refractivity contribution < 1.29 is 9.90 Å². The van der Waals surface area contributed by atoms with E-state index in [0.29, 0.717) is 6.42 Å². The van der Waals surface area contributed by atoms with Gasteiger partial charge in [0, 0.05) is 25.3 Å². The predicted molar refractivity (Wildman–Crippen MR) is 84.3 cm³/mol. The molecule has 0 aliphatic heterocycles. The van der Waals surface area contributed by atoms with Crippen molar-refractivity contribution in [3.8, 4) is 11.8 Å². The number of amides is 1. The molecule has 0 aliphatic carbocycles. The summed E-state index contributed by atoms with van der Waals surface area (Å²) in [5.41, 5.74) is 0. The molecule has 0 radical (unpaired) electrons. The van der Waals surface area contributed by atoms with Crippen molar-refractivity contribution in [3.05, 3.63) is 0 Å². The predicted octanol–water partition coefficient (Wildman–Crippen LogP) is 3.41. The molecule has 0 aliphatic rings. The normalized spacial score (nSPS) is 11.6. The highest BCUT2D eigenvalue weighted by Gasteiger charge is 2.04. The Kier molecular flexibility index (Phi) is 13.7. The molecule has 0 fully saturated rings. The summed E-state index contributed by atoms with van der Waals surface area (Å²) >= 11 is 0. The van der Waals surface area contributed by atoms with E-state index in [-0.39, 0.29) is 18.6 Å². The van der Waals surface area contributed by atoms with E-state index in [1.165, 1.54) is 32.1 Å². The van der Waals surface area contributed by atoms with Crippen molar-refractivity contribution in [2.45, 2.75) is 84.1 Å². The van der Waals surface area contributed by atoms with Gasteiger partial charge in [0.15, 0.2) is 0 Å². The molecule has 0 aromatic heterocycles. The van der Waals surface area contributed by atoms with Crippen LogP contribution in [-0.4, -0.2) is 23.7 Å². The summed E-state index contributed by atoms with van der Waals surface area (Å²) in [6.07, 6.45) is 10.7. The summed E-state index contributed by atoms with van der Waals surface area (Å²) < 4.78 is 0. The zero-order chi connectivity index (χ0) is 15.1. The van der Waals surface area contributed by atoms with Gasteiger partial charge in [-0.1, -0.05) is 32.6 Å². The minimum absolute atomic E-state index is 0.00499. The Bertz CT molecular complexity index is 291. The van der Waals surface area contributed by atoms with E-state index in [9.17, 15) is 4.79 Å². The second-order valence-electron chi connectivity index (χ2n) is 5.38. The van der Waals surface area contributed by atoms with Gasteiger partial charge in [0.05, 0.1) is 6.61 Å². The van der Waals surface area contributed by atoms with Gasteiger partial charge < -0.3 is 10.4 Å². The molecule has 0 rings (SSSR count). The second kappa shape index (κ2) is 14.4. The second-order valence-corrected chi connectivity index (χ2v) is 5.38. The lowest BCUT2D eigenvalue weighted by Crippen LogP contribution is -2.34. The van der Waals surface area contributed by atoms with Crippen molar-refractivity contribution in [3.63, 3.8) is 0 Å². The lowest BCUT2D eigenvalue weighted by Gasteiger charge is -2.10. The van der Waals surface area contributed by atoms with Crippen LogP contribution in [0.15, 0.2) is 0 Å². The molecule has 3 nitrogen and oxygen atoms in total. The molecular weight excluding hydrogens is 250 g/mol. The minimum Gasteiger partial charge on any atom is -0.394 e. The molecule has 116 valence electrons. The number of aliphatic hydroxyl groups is 1. The van der Waals surface area contributed by atoms with E-state index >= 15 is 0 Å². The summed E-state index contributed by atoms with van der Waals surface area (Å²) in [6, 6.07) is -0.131. The summed E-state index contributed by atoms with van der Waals surface area (Å²) in [5, 5.41) is 11.6. The van der Waals surface area contributed by atoms with Crippen molar-refractivity contribution in [2.24, 2.45) is 0 Å². The van der Waals surface area contributed by atoms with Gasteiger partial charge in [0.1, 0.15) is 0 Å². The SMILES string of the molecule is CCCCC#CCCCCCCCC(=O)NC(C)CO. The number of hydrogen-bond donors (Lipinski definition) is 2. The Morgan fingerprint density at radius 2 is 1.65 bits per heavy atom. The Morgan fingerprint density at radius 1 is 1.05 bits per heavy atom. The maximum Gasteiger partial charge on any atom is 0.220 e.